The second kappa shape index (κ2) is 65.8. The van der Waals surface area contributed by atoms with Crippen molar-refractivity contribution in [3.63, 3.8) is 0 Å². The number of carbonyl (C=O) groups is 3. The van der Waals surface area contributed by atoms with Gasteiger partial charge in [-0.3, -0.25) is 14.4 Å². The van der Waals surface area contributed by atoms with Gasteiger partial charge in [-0.2, -0.15) is 0 Å². The molecule has 0 saturated heterocycles. The summed E-state index contributed by atoms with van der Waals surface area (Å²) in [6.45, 7) is 6.52. The fraction of sp³-hybridized carbons (Fsp3) is 0.736. The molecule has 0 amide bonds. The van der Waals surface area contributed by atoms with Crippen LogP contribution in [0.1, 0.15) is 323 Å². The smallest absolute Gasteiger partial charge is 0.306 e. The summed E-state index contributed by atoms with van der Waals surface area (Å²) in [6, 6.07) is 0. The van der Waals surface area contributed by atoms with Crippen LogP contribution in [0.25, 0.3) is 0 Å². The summed E-state index contributed by atoms with van der Waals surface area (Å²) in [7, 11) is 0. The maximum Gasteiger partial charge on any atom is 0.306 e. The standard InChI is InChI=1S/C72H124O6/c1-4-7-10-13-16-19-22-25-28-30-32-33-34-35-36-37-38-39-40-42-44-47-50-53-56-59-62-65-71(74)77-68-69(67-76-70(73)64-61-58-55-52-49-46-43-27-24-21-18-15-12-9-6-3)78-72(75)66-63-60-57-54-51-48-45-41-31-29-26-23-20-17-14-11-8-5-2/h7,10,16,19-20,23,25,27-29,31-33,35-36,43,69H,4-6,8-9,11-15,17-18,21-22,24,26,30,34,37-42,44-68H2,1-3H3/b10-7-,19-16-,23-20-,28-25-,31-29-,33-32-,36-35-,43-27-. The maximum atomic E-state index is 12.9. The number of carbonyl (C=O) groups excluding carboxylic acids is 3. The SMILES string of the molecule is CC/C=C\C/C=C\C/C=C\C/C=C\C/C=C\CCCCCCCCCCCCCC(=O)OCC(COC(=O)CCCCCCC/C=C\CCCCCCCC)OC(=O)CCCCCCCCC/C=C\C/C=C\CCCCCC. The van der Waals surface area contributed by atoms with E-state index in [0.717, 1.165) is 109 Å². The molecule has 0 radical (unpaired) electrons. The van der Waals surface area contributed by atoms with Crippen LogP contribution in [0, 0.1) is 0 Å². The lowest BCUT2D eigenvalue weighted by atomic mass is 10.0. The number of rotatable bonds is 60. The van der Waals surface area contributed by atoms with Gasteiger partial charge in [0.25, 0.3) is 0 Å². The Morgan fingerprint density at radius 3 is 0.808 bits per heavy atom. The van der Waals surface area contributed by atoms with Gasteiger partial charge in [-0.15, -0.1) is 0 Å². The Hall–Kier alpha value is -3.67. The molecule has 448 valence electrons. The van der Waals surface area contributed by atoms with Crippen molar-refractivity contribution in [2.24, 2.45) is 0 Å². The second-order valence-corrected chi connectivity index (χ2v) is 22.0. The van der Waals surface area contributed by atoms with Crippen molar-refractivity contribution in [3.8, 4) is 0 Å². The molecular formula is C72H124O6. The summed E-state index contributed by atoms with van der Waals surface area (Å²) in [4.78, 5) is 38.4. The first-order valence-corrected chi connectivity index (χ1v) is 33.2. The molecule has 0 aliphatic heterocycles. The Bertz CT molecular complexity index is 1530. The van der Waals surface area contributed by atoms with Gasteiger partial charge in [0.15, 0.2) is 6.10 Å². The van der Waals surface area contributed by atoms with Crippen LogP contribution in [0.4, 0.5) is 0 Å². The van der Waals surface area contributed by atoms with Crippen molar-refractivity contribution >= 4 is 17.9 Å². The second-order valence-electron chi connectivity index (χ2n) is 22.0. The molecule has 0 aromatic rings. The molecule has 0 fully saturated rings. The normalized spacial score (nSPS) is 12.7. The average Bonchev–Trinajstić information content (AvgIpc) is 3.44. The molecule has 0 aliphatic rings. The van der Waals surface area contributed by atoms with Crippen molar-refractivity contribution in [1.29, 1.82) is 0 Å². The Labute approximate surface area is 483 Å². The van der Waals surface area contributed by atoms with E-state index in [2.05, 4.69) is 118 Å². The zero-order valence-electron chi connectivity index (χ0n) is 51.4. The molecular weight excluding hydrogens is 961 g/mol. The summed E-state index contributed by atoms with van der Waals surface area (Å²) in [5, 5.41) is 0. The van der Waals surface area contributed by atoms with Gasteiger partial charge in [0, 0.05) is 19.3 Å². The van der Waals surface area contributed by atoms with Gasteiger partial charge in [-0.1, -0.05) is 279 Å². The molecule has 78 heavy (non-hydrogen) atoms. The summed E-state index contributed by atoms with van der Waals surface area (Å²) in [5.41, 5.74) is 0. The Morgan fingerprint density at radius 2 is 0.500 bits per heavy atom. The molecule has 0 aromatic carbocycles. The molecule has 1 unspecified atom stereocenters. The first-order chi connectivity index (χ1) is 38.5. The largest absolute Gasteiger partial charge is 0.462 e. The van der Waals surface area contributed by atoms with Crippen LogP contribution in [0.15, 0.2) is 97.2 Å². The average molecular weight is 1090 g/mol. The highest BCUT2D eigenvalue weighted by Gasteiger charge is 2.19. The molecule has 1 atom stereocenters. The van der Waals surface area contributed by atoms with E-state index in [1.807, 2.05) is 0 Å². The number of hydrogen-bond donors (Lipinski definition) is 0. The van der Waals surface area contributed by atoms with E-state index in [4.69, 9.17) is 14.2 Å². The van der Waals surface area contributed by atoms with Gasteiger partial charge < -0.3 is 14.2 Å². The van der Waals surface area contributed by atoms with Crippen LogP contribution in [-0.4, -0.2) is 37.2 Å². The van der Waals surface area contributed by atoms with Gasteiger partial charge in [0.2, 0.25) is 0 Å². The summed E-state index contributed by atoms with van der Waals surface area (Å²) in [6.07, 6.45) is 88.4. The van der Waals surface area contributed by atoms with Gasteiger partial charge in [0.05, 0.1) is 0 Å². The van der Waals surface area contributed by atoms with Gasteiger partial charge >= 0.3 is 17.9 Å². The Morgan fingerprint density at radius 1 is 0.269 bits per heavy atom. The van der Waals surface area contributed by atoms with E-state index in [1.165, 1.54) is 173 Å². The van der Waals surface area contributed by atoms with E-state index in [0.29, 0.717) is 19.3 Å². The van der Waals surface area contributed by atoms with E-state index in [1.54, 1.807) is 0 Å². The summed E-state index contributed by atoms with van der Waals surface area (Å²) >= 11 is 0. The molecule has 0 N–H and O–H groups in total. The molecule has 0 aromatic heterocycles. The van der Waals surface area contributed by atoms with Crippen molar-refractivity contribution in [2.75, 3.05) is 13.2 Å². The van der Waals surface area contributed by atoms with Crippen LogP contribution in [-0.2, 0) is 28.6 Å². The summed E-state index contributed by atoms with van der Waals surface area (Å²) < 4.78 is 16.9. The molecule has 0 saturated carbocycles. The monoisotopic (exact) mass is 1080 g/mol. The van der Waals surface area contributed by atoms with E-state index < -0.39 is 6.10 Å². The molecule has 6 heteroatoms. The van der Waals surface area contributed by atoms with E-state index in [9.17, 15) is 14.4 Å². The minimum Gasteiger partial charge on any atom is -0.462 e. The first-order valence-electron chi connectivity index (χ1n) is 33.2. The van der Waals surface area contributed by atoms with Crippen LogP contribution in [0.3, 0.4) is 0 Å². The van der Waals surface area contributed by atoms with Crippen molar-refractivity contribution in [1.82, 2.24) is 0 Å². The fourth-order valence-corrected chi connectivity index (χ4v) is 9.32. The zero-order chi connectivity index (χ0) is 56.4. The molecule has 0 aliphatic carbocycles. The highest BCUT2D eigenvalue weighted by Crippen LogP contribution is 2.16. The molecule has 0 spiro atoms. The number of unbranched alkanes of at least 4 members (excludes halogenated alkanes) is 33. The first kappa shape index (κ1) is 74.3. The number of esters is 3. The number of hydrogen-bond acceptors (Lipinski definition) is 6. The molecule has 6 nitrogen and oxygen atoms in total. The van der Waals surface area contributed by atoms with Crippen LogP contribution in [0.2, 0.25) is 0 Å². The lowest BCUT2D eigenvalue weighted by Gasteiger charge is -2.18. The van der Waals surface area contributed by atoms with Crippen molar-refractivity contribution in [3.05, 3.63) is 97.2 Å². The van der Waals surface area contributed by atoms with Crippen LogP contribution < -0.4 is 0 Å². The maximum absolute atomic E-state index is 12.9. The Kier molecular flexibility index (Phi) is 62.7. The third-order valence-electron chi connectivity index (χ3n) is 14.3. The van der Waals surface area contributed by atoms with Crippen LogP contribution >= 0.6 is 0 Å². The van der Waals surface area contributed by atoms with Crippen molar-refractivity contribution < 1.29 is 28.6 Å². The van der Waals surface area contributed by atoms with Crippen LogP contribution in [0.5, 0.6) is 0 Å². The molecule has 0 bridgehead atoms. The van der Waals surface area contributed by atoms with E-state index in [-0.39, 0.29) is 31.1 Å². The fourth-order valence-electron chi connectivity index (χ4n) is 9.32. The molecule has 0 rings (SSSR count). The molecule has 0 heterocycles. The van der Waals surface area contributed by atoms with Gasteiger partial charge in [-0.05, 0) is 122 Å². The third kappa shape index (κ3) is 63.2. The highest BCUT2D eigenvalue weighted by atomic mass is 16.6. The lowest BCUT2D eigenvalue weighted by molar-refractivity contribution is -0.167. The minimum atomic E-state index is -0.788. The topological polar surface area (TPSA) is 78.9 Å². The minimum absolute atomic E-state index is 0.0837. The highest BCUT2D eigenvalue weighted by molar-refractivity contribution is 5.71. The third-order valence-corrected chi connectivity index (χ3v) is 14.3. The number of allylic oxidation sites excluding steroid dienone is 16. The quantitative estimate of drug-likeness (QED) is 0.0261. The number of ether oxygens (including phenoxy) is 3. The van der Waals surface area contributed by atoms with Crippen molar-refractivity contribution in [2.45, 2.75) is 329 Å². The Balaban J connectivity index is 4.34. The predicted molar refractivity (Wildman–Crippen MR) is 339 cm³/mol. The summed E-state index contributed by atoms with van der Waals surface area (Å²) in [5.74, 6) is -0.891. The predicted octanol–water partition coefficient (Wildman–Crippen LogP) is 22.8. The van der Waals surface area contributed by atoms with Gasteiger partial charge in [-0.25, -0.2) is 0 Å². The van der Waals surface area contributed by atoms with Gasteiger partial charge in [0.1, 0.15) is 13.2 Å². The zero-order valence-corrected chi connectivity index (χ0v) is 51.4. The van der Waals surface area contributed by atoms with E-state index >= 15 is 0 Å². The lowest BCUT2D eigenvalue weighted by Crippen LogP contribution is -2.30.